The van der Waals surface area contributed by atoms with E-state index in [-0.39, 0.29) is 11.9 Å². The van der Waals surface area contributed by atoms with Gasteiger partial charge in [-0.05, 0) is 52.7 Å². The Kier molecular flexibility index (Phi) is 5.45. The Labute approximate surface area is 174 Å². The number of rotatable bonds is 4. The van der Waals surface area contributed by atoms with Gasteiger partial charge in [-0.3, -0.25) is 9.48 Å². The van der Waals surface area contributed by atoms with Crippen LogP contribution in [0.1, 0.15) is 65.7 Å². The van der Waals surface area contributed by atoms with Crippen LogP contribution in [-0.2, 0) is 0 Å². The number of amides is 1. The van der Waals surface area contributed by atoms with Crippen LogP contribution >= 0.6 is 11.3 Å². The summed E-state index contributed by atoms with van der Waals surface area (Å²) in [5.74, 6) is 1.22. The molecule has 8 heteroatoms. The van der Waals surface area contributed by atoms with Gasteiger partial charge in [0.25, 0.3) is 5.91 Å². The van der Waals surface area contributed by atoms with Crippen LogP contribution in [0.2, 0.25) is 0 Å². The Morgan fingerprint density at radius 1 is 1.14 bits per heavy atom. The molecule has 0 N–H and O–H groups in total. The minimum atomic E-state index is 0.0714. The molecule has 0 saturated carbocycles. The van der Waals surface area contributed by atoms with Gasteiger partial charge in [0.05, 0.1) is 21.3 Å². The molecule has 0 atom stereocenters. The molecule has 3 aromatic heterocycles. The molecule has 0 aliphatic carbocycles. The molecule has 1 saturated heterocycles. The van der Waals surface area contributed by atoms with E-state index in [1.54, 1.807) is 28.4 Å². The van der Waals surface area contributed by atoms with Gasteiger partial charge in [-0.15, -0.1) is 11.3 Å². The summed E-state index contributed by atoms with van der Waals surface area (Å²) < 4.78 is 1.80. The van der Waals surface area contributed by atoms with Crippen molar-refractivity contribution in [3.63, 3.8) is 0 Å². The lowest BCUT2D eigenvalue weighted by Gasteiger charge is -2.31. The summed E-state index contributed by atoms with van der Waals surface area (Å²) >= 11 is 1.72. The molecule has 0 radical (unpaired) electrons. The number of aromatic nitrogens is 5. The zero-order chi connectivity index (χ0) is 20.5. The van der Waals surface area contributed by atoms with Crippen molar-refractivity contribution in [2.75, 3.05) is 13.1 Å². The van der Waals surface area contributed by atoms with Crippen molar-refractivity contribution in [3.05, 3.63) is 46.7 Å². The van der Waals surface area contributed by atoms with Crippen molar-refractivity contribution in [1.82, 2.24) is 29.6 Å². The molecule has 29 heavy (non-hydrogen) atoms. The van der Waals surface area contributed by atoms with Crippen LogP contribution in [0.15, 0.2) is 24.5 Å². The largest absolute Gasteiger partial charge is 0.337 e. The third-order valence-electron chi connectivity index (χ3n) is 5.33. The second-order valence-electron chi connectivity index (χ2n) is 7.78. The van der Waals surface area contributed by atoms with Crippen LogP contribution in [-0.4, -0.2) is 48.6 Å². The first-order valence-corrected chi connectivity index (χ1v) is 10.9. The number of aryl methyl sites for hydroxylation is 2. The topological polar surface area (TPSA) is 76.8 Å². The molecular weight excluding hydrogens is 384 g/mol. The molecule has 1 aliphatic heterocycles. The summed E-state index contributed by atoms with van der Waals surface area (Å²) in [7, 11) is 0. The number of piperidine rings is 1. The lowest BCUT2D eigenvalue weighted by Crippen LogP contribution is -2.39. The number of hydrogen-bond donors (Lipinski definition) is 0. The van der Waals surface area contributed by atoms with E-state index in [4.69, 9.17) is 4.98 Å². The van der Waals surface area contributed by atoms with E-state index in [1.807, 2.05) is 44.7 Å². The summed E-state index contributed by atoms with van der Waals surface area (Å²) in [6.45, 7) is 9.51. The van der Waals surface area contributed by atoms with Crippen LogP contribution in [0.5, 0.6) is 0 Å². The highest BCUT2D eigenvalue weighted by atomic mass is 32.1. The second-order valence-corrected chi connectivity index (χ2v) is 8.81. The molecule has 7 nitrogen and oxygen atoms in total. The van der Waals surface area contributed by atoms with E-state index in [9.17, 15) is 4.79 Å². The van der Waals surface area contributed by atoms with E-state index >= 15 is 0 Å². The quantitative estimate of drug-likeness (QED) is 0.649. The van der Waals surface area contributed by atoms with Crippen LogP contribution in [0.25, 0.3) is 10.6 Å². The van der Waals surface area contributed by atoms with E-state index in [1.165, 1.54) is 0 Å². The fourth-order valence-corrected chi connectivity index (χ4v) is 5.00. The Balaban J connectivity index is 1.46. The number of hydrogen-bond acceptors (Lipinski definition) is 6. The number of likely N-dealkylation sites (tertiary alicyclic amines) is 1. The molecule has 3 aromatic rings. The molecule has 0 bridgehead atoms. The summed E-state index contributed by atoms with van der Waals surface area (Å²) in [6, 6.07) is 3.93. The summed E-state index contributed by atoms with van der Waals surface area (Å²) in [4.78, 5) is 29.6. The molecule has 0 unspecified atom stereocenters. The highest BCUT2D eigenvalue weighted by Crippen LogP contribution is 2.36. The fourth-order valence-electron chi connectivity index (χ4n) is 3.80. The van der Waals surface area contributed by atoms with Gasteiger partial charge in [0, 0.05) is 37.4 Å². The average molecular weight is 411 g/mol. The Morgan fingerprint density at radius 2 is 1.90 bits per heavy atom. The molecule has 0 spiro atoms. The molecule has 1 aliphatic rings. The molecule has 4 rings (SSSR count). The van der Waals surface area contributed by atoms with Gasteiger partial charge in [0.15, 0.2) is 0 Å². The second kappa shape index (κ2) is 8.02. The number of thiazole rings is 1. The van der Waals surface area contributed by atoms with E-state index in [0.717, 1.165) is 53.0 Å². The van der Waals surface area contributed by atoms with Crippen molar-refractivity contribution in [1.29, 1.82) is 0 Å². The van der Waals surface area contributed by atoms with E-state index in [2.05, 4.69) is 15.1 Å². The number of nitrogens with zero attached hydrogens (tertiary/aromatic N) is 6. The predicted octanol–water partition coefficient (Wildman–Crippen LogP) is 4.01. The van der Waals surface area contributed by atoms with Gasteiger partial charge < -0.3 is 4.90 Å². The monoisotopic (exact) mass is 410 g/mol. The maximum Gasteiger partial charge on any atom is 0.272 e. The van der Waals surface area contributed by atoms with Gasteiger partial charge in [0.2, 0.25) is 0 Å². The molecular formula is C21H26N6OS. The maximum atomic E-state index is 12.9. The van der Waals surface area contributed by atoms with Gasteiger partial charge in [-0.1, -0.05) is 0 Å². The van der Waals surface area contributed by atoms with Crippen LogP contribution in [0.4, 0.5) is 0 Å². The van der Waals surface area contributed by atoms with Crippen LogP contribution < -0.4 is 0 Å². The third-order valence-corrected chi connectivity index (χ3v) is 6.67. The Bertz CT molecular complexity index is 1020. The Morgan fingerprint density at radius 3 is 2.59 bits per heavy atom. The smallest absolute Gasteiger partial charge is 0.272 e. The van der Waals surface area contributed by atoms with Crippen molar-refractivity contribution in [3.8, 4) is 10.6 Å². The van der Waals surface area contributed by atoms with Crippen molar-refractivity contribution in [2.24, 2.45) is 0 Å². The zero-order valence-electron chi connectivity index (χ0n) is 17.3. The van der Waals surface area contributed by atoms with Gasteiger partial charge in [-0.2, -0.15) is 5.10 Å². The summed E-state index contributed by atoms with van der Waals surface area (Å²) in [5, 5.41) is 5.44. The van der Waals surface area contributed by atoms with E-state index in [0.29, 0.717) is 11.6 Å². The highest BCUT2D eigenvalue weighted by molar-refractivity contribution is 7.15. The SMILES string of the molecule is Cc1nccc(-c2sc(C3CCN(C(=O)c4ccnn4C(C)C)CC3)nc2C)n1. The van der Waals surface area contributed by atoms with Gasteiger partial charge in [-0.25, -0.2) is 15.0 Å². The van der Waals surface area contributed by atoms with Crippen molar-refractivity contribution >= 4 is 17.2 Å². The average Bonchev–Trinajstić information content (AvgIpc) is 3.34. The Hall–Kier alpha value is -2.61. The first-order chi connectivity index (χ1) is 13.9. The highest BCUT2D eigenvalue weighted by Gasteiger charge is 2.28. The van der Waals surface area contributed by atoms with Crippen LogP contribution in [0.3, 0.4) is 0 Å². The normalized spacial score (nSPS) is 15.3. The summed E-state index contributed by atoms with van der Waals surface area (Å²) in [6.07, 6.45) is 5.35. The van der Waals surface area contributed by atoms with Gasteiger partial charge in [0.1, 0.15) is 11.5 Å². The van der Waals surface area contributed by atoms with E-state index < -0.39 is 0 Å². The van der Waals surface area contributed by atoms with Gasteiger partial charge >= 0.3 is 0 Å². The number of carbonyl (C=O) groups is 1. The van der Waals surface area contributed by atoms with Crippen molar-refractivity contribution < 1.29 is 4.79 Å². The maximum absolute atomic E-state index is 12.9. The first kappa shape index (κ1) is 19.7. The molecule has 1 fully saturated rings. The molecule has 152 valence electrons. The zero-order valence-corrected chi connectivity index (χ0v) is 18.1. The lowest BCUT2D eigenvalue weighted by atomic mass is 9.97. The molecule has 4 heterocycles. The lowest BCUT2D eigenvalue weighted by molar-refractivity contribution is 0.0698. The fraction of sp³-hybridized carbons (Fsp3) is 0.476. The third kappa shape index (κ3) is 3.94. The van der Waals surface area contributed by atoms with Crippen molar-refractivity contribution in [2.45, 2.75) is 52.5 Å². The summed E-state index contributed by atoms with van der Waals surface area (Å²) in [5.41, 5.74) is 2.63. The number of carbonyl (C=O) groups excluding carboxylic acids is 1. The molecule has 0 aromatic carbocycles. The standard InChI is InChI=1S/C21H26N6OS/c1-13(2)27-18(6-10-23-27)21(28)26-11-7-16(8-12-26)20-24-14(3)19(29-20)17-5-9-22-15(4)25-17/h5-6,9-10,13,16H,7-8,11-12H2,1-4H3. The predicted molar refractivity (Wildman–Crippen MR) is 113 cm³/mol. The minimum Gasteiger partial charge on any atom is -0.337 e. The molecule has 1 amide bonds. The minimum absolute atomic E-state index is 0.0714. The first-order valence-electron chi connectivity index (χ1n) is 10.0. The van der Waals surface area contributed by atoms with Crippen LogP contribution in [0, 0.1) is 13.8 Å².